The lowest BCUT2D eigenvalue weighted by Crippen LogP contribution is -2.29. The quantitative estimate of drug-likeness (QED) is 0.601. The van der Waals surface area contributed by atoms with Crippen LogP contribution in [0.15, 0.2) is 24.4 Å². The maximum atomic E-state index is 11.9. The number of hydrogen-bond donors (Lipinski definition) is 4. The molecule has 1 aliphatic rings. The Labute approximate surface area is 139 Å². The summed E-state index contributed by atoms with van der Waals surface area (Å²) in [5.74, 6) is 0.383. The molecule has 1 saturated carbocycles. The molecule has 0 bridgehead atoms. The Balaban J connectivity index is 1.42. The lowest BCUT2D eigenvalue weighted by Gasteiger charge is -2.22. The molecular formula is C16H20N6O2. The molecule has 0 aromatic carbocycles. The molecule has 2 amide bonds. The highest BCUT2D eigenvalue weighted by molar-refractivity contribution is 5.92. The number of nitrogens with zero attached hydrogens (tertiary/aromatic N) is 2. The Kier molecular flexibility index (Phi) is 4.74. The molecule has 0 atom stereocenters. The van der Waals surface area contributed by atoms with Gasteiger partial charge in [-0.05, 0) is 31.0 Å². The number of pyridine rings is 1. The van der Waals surface area contributed by atoms with E-state index < -0.39 is 5.91 Å². The zero-order valence-corrected chi connectivity index (χ0v) is 13.2. The summed E-state index contributed by atoms with van der Waals surface area (Å²) in [7, 11) is 0. The van der Waals surface area contributed by atoms with Gasteiger partial charge < -0.3 is 16.4 Å². The second-order valence-corrected chi connectivity index (χ2v) is 5.87. The van der Waals surface area contributed by atoms with E-state index >= 15 is 0 Å². The molecule has 0 radical (unpaired) electrons. The molecular weight excluding hydrogens is 308 g/mol. The van der Waals surface area contributed by atoms with Crippen molar-refractivity contribution in [2.75, 3.05) is 11.9 Å². The zero-order chi connectivity index (χ0) is 16.9. The second-order valence-electron chi connectivity index (χ2n) is 5.87. The number of rotatable bonds is 7. The Morgan fingerprint density at radius 3 is 2.79 bits per heavy atom. The van der Waals surface area contributed by atoms with Crippen molar-refractivity contribution in [3.8, 4) is 0 Å². The predicted octanol–water partition coefficient (Wildman–Crippen LogP) is 0.899. The van der Waals surface area contributed by atoms with E-state index in [0.29, 0.717) is 23.8 Å². The van der Waals surface area contributed by atoms with Gasteiger partial charge >= 0.3 is 0 Å². The molecule has 5 N–H and O–H groups in total. The SMILES string of the molecule is NC(=O)c1ccc(NCC(=O)NCc2cc(C3CCC3)n[nH]2)nc1. The third-order valence-corrected chi connectivity index (χ3v) is 4.13. The Morgan fingerprint density at radius 2 is 2.17 bits per heavy atom. The number of nitrogens with one attached hydrogen (secondary N) is 3. The van der Waals surface area contributed by atoms with Gasteiger partial charge in [0.15, 0.2) is 0 Å². The number of aromatic nitrogens is 3. The van der Waals surface area contributed by atoms with Crippen LogP contribution in [0.4, 0.5) is 5.82 Å². The molecule has 8 nitrogen and oxygen atoms in total. The van der Waals surface area contributed by atoms with Crippen molar-refractivity contribution < 1.29 is 9.59 Å². The molecule has 8 heteroatoms. The third kappa shape index (κ3) is 3.89. The Hall–Kier alpha value is -2.90. The van der Waals surface area contributed by atoms with Crippen LogP contribution < -0.4 is 16.4 Å². The maximum Gasteiger partial charge on any atom is 0.250 e. The van der Waals surface area contributed by atoms with E-state index in [1.165, 1.54) is 25.5 Å². The Bertz CT molecular complexity index is 720. The number of carbonyl (C=O) groups excluding carboxylic acids is 2. The van der Waals surface area contributed by atoms with Gasteiger partial charge in [0, 0.05) is 12.1 Å². The highest BCUT2D eigenvalue weighted by Crippen LogP contribution is 2.35. The third-order valence-electron chi connectivity index (χ3n) is 4.13. The molecule has 1 aliphatic carbocycles. The first-order valence-corrected chi connectivity index (χ1v) is 7.92. The molecule has 1 fully saturated rings. The van der Waals surface area contributed by atoms with Gasteiger partial charge in [-0.25, -0.2) is 4.98 Å². The lowest BCUT2D eigenvalue weighted by molar-refractivity contribution is -0.119. The first-order chi connectivity index (χ1) is 11.6. The summed E-state index contributed by atoms with van der Waals surface area (Å²) in [6.07, 6.45) is 5.03. The molecule has 2 heterocycles. The molecule has 2 aromatic heterocycles. The number of nitrogens with two attached hydrogens (primary N) is 1. The largest absolute Gasteiger partial charge is 0.366 e. The molecule has 3 rings (SSSR count). The van der Waals surface area contributed by atoms with Gasteiger partial charge in [-0.3, -0.25) is 14.7 Å². The van der Waals surface area contributed by atoms with E-state index in [2.05, 4.69) is 25.8 Å². The van der Waals surface area contributed by atoms with Crippen LogP contribution in [0, 0.1) is 0 Å². The first kappa shape index (κ1) is 16.0. The van der Waals surface area contributed by atoms with Crippen LogP contribution in [-0.2, 0) is 11.3 Å². The van der Waals surface area contributed by atoms with Crippen LogP contribution in [0.3, 0.4) is 0 Å². The minimum atomic E-state index is -0.535. The van der Waals surface area contributed by atoms with Crippen LogP contribution in [-0.4, -0.2) is 33.5 Å². The average molecular weight is 328 g/mol. The monoisotopic (exact) mass is 328 g/mol. The number of aromatic amines is 1. The second kappa shape index (κ2) is 7.12. The number of hydrogen-bond acceptors (Lipinski definition) is 5. The van der Waals surface area contributed by atoms with E-state index in [4.69, 9.17) is 5.73 Å². The number of H-pyrrole nitrogens is 1. The van der Waals surface area contributed by atoms with Crippen LogP contribution >= 0.6 is 0 Å². The average Bonchev–Trinajstić information content (AvgIpc) is 2.98. The summed E-state index contributed by atoms with van der Waals surface area (Å²) < 4.78 is 0. The topological polar surface area (TPSA) is 126 Å². The van der Waals surface area contributed by atoms with E-state index in [0.717, 1.165) is 11.4 Å². The minimum Gasteiger partial charge on any atom is -0.366 e. The highest BCUT2D eigenvalue weighted by Gasteiger charge is 2.21. The number of primary amides is 1. The lowest BCUT2D eigenvalue weighted by atomic mass is 9.83. The summed E-state index contributed by atoms with van der Waals surface area (Å²) in [6.45, 7) is 0.501. The fraction of sp³-hybridized carbons (Fsp3) is 0.375. The van der Waals surface area contributed by atoms with Gasteiger partial charge in [0.05, 0.1) is 30.0 Å². The van der Waals surface area contributed by atoms with E-state index in [-0.39, 0.29) is 12.5 Å². The Morgan fingerprint density at radius 1 is 1.33 bits per heavy atom. The van der Waals surface area contributed by atoms with E-state index in [1.54, 1.807) is 12.1 Å². The van der Waals surface area contributed by atoms with E-state index in [9.17, 15) is 9.59 Å². The first-order valence-electron chi connectivity index (χ1n) is 7.92. The van der Waals surface area contributed by atoms with Gasteiger partial charge in [-0.2, -0.15) is 5.10 Å². The van der Waals surface area contributed by atoms with Crippen molar-refractivity contribution in [1.29, 1.82) is 0 Å². The van der Waals surface area contributed by atoms with Crippen LogP contribution in [0.2, 0.25) is 0 Å². The highest BCUT2D eigenvalue weighted by atomic mass is 16.2. The molecule has 0 aliphatic heterocycles. The van der Waals surface area contributed by atoms with Crippen molar-refractivity contribution >= 4 is 17.6 Å². The summed E-state index contributed by atoms with van der Waals surface area (Å²) in [6, 6.07) is 5.18. The van der Waals surface area contributed by atoms with Crippen LogP contribution in [0.1, 0.15) is 46.9 Å². The number of anilines is 1. The predicted molar refractivity (Wildman–Crippen MR) is 88.3 cm³/mol. The van der Waals surface area contributed by atoms with Gasteiger partial charge in [0.25, 0.3) is 0 Å². The molecule has 126 valence electrons. The van der Waals surface area contributed by atoms with Gasteiger partial charge in [0.1, 0.15) is 5.82 Å². The molecule has 24 heavy (non-hydrogen) atoms. The minimum absolute atomic E-state index is 0.0898. The van der Waals surface area contributed by atoms with E-state index in [1.807, 2.05) is 6.07 Å². The van der Waals surface area contributed by atoms with Gasteiger partial charge in [0.2, 0.25) is 11.8 Å². The van der Waals surface area contributed by atoms with Crippen molar-refractivity contribution in [3.05, 3.63) is 41.3 Å². The standard InChI is InChI=1S/C16H20N6O2/c17-16(24)11-4-5-14(18-7-11)19-9-15(23)20-8-12-6-13(22-21-12)10-2-1-3-10/h4-7,10H,1-3,8-9H2,(H2,17,24)(H,18,19)(H,20,23)(H,21,22). The van der Waals surface area contributed by atoms with Crippen molar-refractivity contribution in [2.24, 2.45) is 5.73 Å². The number of carbonyl (C=O) groups is 2. The van der Waals surface area contributed by atoms with Gasteiger partial charge in [-0.15, -0.1) is 0 Å². The normalized spacial score (nSPS) is 14.0. The van der Waals surface area contributed by atoms with Crippen LogP contribution in [0.5, 0.6) is 0 Å². The molecule has 0 saturated heterocycles. The molecule has 0 unspecified atom stereocenters. The van der Waals surface area contributed by atoms with Crippen LogP contribution in [0.25, 0.3) is 0 Å². The van der Waals surface area contributed by atoms with Crippen molar-refractivity contribution in [3.63, 3.8) is 0 Å². The summed E-state index contributed by atoms with van der Waals surface area (Å²) in [5.41, 5.74) is 7.45. The number of amides is 2. The van der Waals surface area contributed by atoms with Gasteiger partial charge in [-0.1, -0.05) is 6.42 Å². The summed E-state index contributed by atoms with van der Waals surface area (Å²) >= 11 is 0. The summed E-state index contributed by atoms with van der Waals surface area (Å²) in [5, 5.41) is 13.0. The fourth-order valence-corrected chi connectivity index (χ4v) is 2.45. The van der Waals surface area contributed by atoms with Crippen molar-refractivity contribution in [2.45, 2.75) is 31.7 Å². The smallest absolute Gasteiger partial charge is 0.250 e. The molecule has 2 aromatic rings. The van der Waals surface area contributed by atoms with Crippen molar-refractivity contribution in [1.82, 2.24) is 20.5 Å². The molecule has 0 spiro atoms. The maximum absolute atomic E-state index is 11.9. The fourth-order valence-electron chi connectivity index (χ4n) is 2.45. The zero-order valence-electron chi connectivity index (χ0n) is 13.2. The summed E-state index contributed by atoms with van der Waals surface area (Å²) in [4.78, 5) is 26.8.